The van der Waals surface area contributed by atoms with Crippen molar-refractivity contribution in [2.75, 3.05) is 93.7 Å². The van der Waals surface area contributed by atoms with Crippen molar-refractivity contribution < 1.29 is 71.5 Å². The molecular formula is C59H78N6O15. The van der Waals surface area contributed by atoms with Gasteiger partial charge in [0.15, 0.2) is 0 Å². The third-order valence-electron chi connectivity index (χ3n) is 12.2. The lowest BCUT2D eigenvalue weighted by atomic mass is 10.0. The summed E-state index contributed by atoms with van der Waals surface area (Å²) in [7, 11) is 4.63. The average molecular weight is 1110 g/mol. The molecule has 0 fully saturated rings. The number of ketones is 1. The topological polar surface area (TPSA) is 273 Å². The molecule has 0 aliphatic carbocycles. The number of benzene rings is 4. The highest BCUT2D eigenvalue weighted by molar-refractivity contribution is 5.95. The zero-order chi connectivity index (χ0) is 57.6. The second kappa shape index (κ2) is 37.8. The second-order valence-electron chi connectivity index (χ2n) is 18.6. The Labute approximate surface area is 468 Å². The molecule has 0 aliphatic rings. The fourth-order valence-corrected chi connectivity index (χ4v) is 7.63. The SMILES string of the molecule is COc1ccc(C(=O)NCCCCC(=O)CCOCC(COCCC(=O)NCCCNC(=O)c2ccc(OC)cc2)(COCCC(=O)NCCCNC(=O)c2ccc(OC)cc2)NC(=O)CCCC(=O)OCc2ccccc2)cc1. The monoisotopic (exact) mass is 1110 g/mol. The summed E-state index contributed by atoms with van der Waals surface area (Å²) >= 11 is 0. The van der Waals surface area contributed by atoms with Crippen LogP contribution in [0.5, 0.6) is 17.2 Å². The lowest BCUT2D eigenvalue weighted by Gasteiger charge is -2.34. The van der Waals surface area contributed by atoms with Crippen molar-refractivity contribution in [3.63, 3.8) is 0 Å². The zero-order valence-corrected chi connectivity index (χ0v) is 46.2. The van der Waals surface area contributed by atoms with Gasteiger partial charge in [-0.25, -0.2) is 0 Å². The molecule has 0 atom stereocenters. The molecule has 6 amide bonds. The molecule has 0 saturated heterocycles. The molecule has 0 unspecified atom stereocenters. The Bertz CT molecular complexity index is 2300. The van der Waals surface area contributed by atoms with E-state index in [1.807, 2.05) is 30.3 Å². The maximum Gasteiger partial charge on any atom is 0.306 e. The third kappa shape index (κ3) is 26.6. The molecule has 0 heterocycles. The van der Waals surface area contributed by atoms with Crippen LogP contribution >= 0.6 is 0 Å². The molecule has 0 bridgehead atoms. The minimum atomic E-state index is -1.38. The van der Waals surface area contributed by atoms with Gasteiger partial charge >= 0.3 is 5.97 Å². The molecule has 21 heteroatoms. The summed E-state index contributed by atoms with van der Waals surface area (Å²) in [5.41, 5.74) is 0.885. The van der Waals surface area contributed by atoms with Gasteiger partial charge in [0.1, 0.15) is 35.2 Å². The first-order valence-electron chi connectivity index (χ1n) is 26.9. The summed E-state index contributed by atoms with van der Waals surface area (Å²) in [5, 5.41) is 17.1. The van der Waals surface area contributed by atoms with E-state index < -0.39 is 17.4 Å². The standard InChI is InChI=1S/C59H78N6O15/c1-74-49-23-17-45(18-24-49)56(71)62-32-8-7-14-48(66)29-37-77-41-59(65-54(69)15-9-16-55(70)80-40-44-12-5-4-6-13-44,42-78-38-30-52(67)60-33-10-35-63-57(72)46-19-25-50(75-2)26-20-46)43-79-39-31-53(68)61-34-11-36-64-58(73)47-21-27-51(76-3)28-22-47/h4-6,12-13,17-28H,7-11,14-16,29-43H2,1-3H3,(H,60,67)(H,61,68)(H,62,71)(H,63,72)(H,64,73)(H,65,69). The van der Waals surface area contributed by atoms with Gasteiger partial charge in [0, 0.05) is 87.9 Å². The average Bonchev–Trinajstić information content (AvgIpc) is 3.48. The summed E-state index contributed by atoms with van der Waals surface area (Å²) in [6.45, 7) is 0.973. The number of rotatable bonds is 41. The first kappa shape index (κ1) is 64.6. The van der Waals surface area contributed by atoms with Gasteiger partial charge in [0.05, 0.1) is 61.0 Å². The normalized spacial score (nSPS) is 10.9. The van der Waals surface area contributed by atoms with Crippen molar-refractivity contribution in [2.45, 2.75) is 82.8 Å². The minimum absolute atomic E-state index is 0.0101. The van der Waals surface area contributed by atoms with Crippen molar-refractivity contribution in [1.29, 1.82) is 0 Å². The Morgan fingerprint density at radius 1 is 0.400 bits per heavy atom. The molecule has 21 nitrogen and oxygen atoms in total. The molecule has 0 spiro atoms. The van der Waals surface area contributed by atoms with Crippen LogP contribution in [0.2, 0.25) is 0 Å². The summed E-state index contributed by atoms with van der Waals surface area (Å²) in [4.78, 5) is 102. The smallest absolute Gasteiger partial charge is 0.306 e. The highest BCUT2D eigenvalue weighted by atomic mass is 16.5. The summed E-state index contributed by atoms with van der Waals surface area (Å²) in [5.74, 6) is -0.455. The van der Waals surface area contributed by atoms with Crippen LogP contribution in [0.3, 0.4) is 0 Å². The van der Waals surface area contributed by atoms with Crippen LogP contribution in [0.25, 0.3) is 0 Å². The predicted octanol–water partition coefficient (Wildman–Crippen LogP) is 5.04. The number of nitrogens with one attached hydrogen (secondary N) is 6. The number of unbranched alkanes of at least 4 members (excludes halogenated alkanes) is 1. The lowest BCUT2D eigenvalue weighted by molar-refractivity contribution is -0.145. The van der Waals surface area contributed by atoms with Crippen LogP contribution in [-0.4, -0.2) is 146 Å². The van der Waals surface area contributed by atoms with E-state index in [0.29, 0.717) is 79.3 Å². The number of esters is 1. The van der Waals surface area contributed by atoms with Gasteiger partial charge < -0.3 is 65.1 Å². The molecule has 0 saturated carbocycles. The highest BCUT2D eigenvalue weighted by Crippen LogP contribution is 2.16. The van der Waals surface area contributed by atoms with Crippen molar-refractivity contribution in [1.82, 2.24) is 31.9 Å². The van der Waals surface area contributed by atoms with Crippen LogP contribution in [-0.2, 0) is 49.5 Å². The van der Waals surface area contributed by atoms with Crippen LogP contribution in [0.15, 0.2) is 103 Å². The van der Waals surface area contributed by atoms with Crippen LogP contribution in [0.1, 0.15) is 107 Å². The van der Waals surface area contributed by atoms with Gasteiger partial charge in [0.25, 0.3) is 17.7 Å². The van der Waals surface area contributed by atoms with Gasteiger partial charge in [-0.1, -0.05) is 30.3 Å². The summed E-state index contributed by atoms with van der Waals surface area (Å²) in [6.07, 6.45) is 2.34. The lowest BCUT2D eigenvalue weighted by Crippen LogP contribution is -2.58. The summed E-state index contributed by atoms with van der Waals surface area (Å²) in [6, 6.07) is 29.3. The van der Waals surface area contributed by atoms with E-state index in [2.05, 4.69) is 31.9 Å². The largest absolute Gasteiger partial charge is 0.497 e. The molecule has 4 aromatic rings. The summed E-state index contributed by atoms with van der Waals surface area (Å²) < 4.78 is 39.0. The quantitative estimate of drug-likeness (QED) is 0.0251. The number of carbonyl (C=O) groups is 8. The van der Waals surface area contributed by atoms with E-state index in [1.165, 1.54) is 0 Å². The van der Waals surface area contributed by atoms with Crippen molar-refractivity contribution in [2.24, 2.45) is 0 Å². The van der Waals surface area contributed by atoms with E-state index in [1.54, 1.807) is 94.1 Å². The Kier molecular flexibility index (Phi) is 30.6. The maximum absolute atomic E-state index is 13.7. The molecule has 0 radical (unpaired) electrons. The molecule has 434 valence electrons. The number of hydrogen-bond acceptors (Lipinski definition) is 15. The van der Waals surface area contributed by atoms with Crippen molar-refractivity contribution in [3.05, 3.63) is 125 Å². The van der Waals surface area contributed by atoms with Gasteiger partial charge in [0.2, 0.25) is 17.7 Å². The van der Waals surface area contributed by atoms with E-state index in [0.717, 1.165) is 5.56 Å². The first-order chi connectivity index (χ1) is 38.8. The molecule has 4 rings (SSSR count). The molecule has 0 aromatic heterocycles. The second-order valence-corrected chi connectivity index (χ2v) is 18.6. The molecule has 0 aliphatic heterocycles. The fraction of sp³-hybridized carbons (Fsp3) is 0.458. The number of amides is 6. The maximum atomic E-state index is 13.7. The van der Waals surface area contributed by atoms with Crippen molar-refractivity contribution in [3.8, 4) is 17.2 Å². The number of hydrogen-bond donors (Lipinski definition) is 6. The minimum Gasteiger partial charge on any atom is -0.497 e. The van der Waals surface area contributed by atoms with Gasteiger partial charge in [-0.05, 0) is 110 Å². The Morgan fingerprint density at radius 2 is 0.812 bits per heavy atom. The number of Topliss-reactive ketones (excluding diaryl/α,β-unsaturated/α-hetero) is 1. The van der Waals surface area contributed by atoms with Gasteiger partial charge in [-0.2, -0.15) is 0 Å². The molecular weight excluding hydrogens is 1030 g/mol. The number of ether oxygens (including phenoxy) is 7. The van der Waals surface area contributed by atoms with E-state index in [4.69, 9.17) is 33.2 Å². The van der Waals surface area contributed by atoms with Crippen LogP contribution < -0.4 is 46.1 Å². The highest BCUT2D eigenvalue weighted by Gasteiger charge is 2.34. The fourth-order valence-electron chi connectivity index (χ4n) is 7.63. The molecule has 80 heavy (non-hydrogen) atoms. The number of carbonyl (C=O) groups excluding carboxylic acids is 8. The van der Waals surface area contributed by atoms with Crippen LogP contribution in [0, 0.1) is 0 Å². The van der Waals surface area contributed by atoms with Crippen molar-refractivity contribution >= 4 is 47.2 Å². The van der Waals surface area contributed by atoms with E-state index >= 15 is 0 Å². The van der Waals surface area contributed by atoms with E-state index in [9.17, 15) is 38.4 Å². The predicted molar refractivity (Wildman–Crippen MR) is 297 cm³/mol. The van der Waals surface area contributed by atoms with Gasteiger partial charge in [-0.15, -0.1) is 0 Å². The Balaban J connectivity index is 1.31. The first-order valence-corrected chi connectivity index (χ1v) is 26.9. The molecule has 4 aromatic carbocycles. The zero-order valence-electron chi connectivity index (χ0n) is 46.2. The third-order valence-corrected chi connectivity index (χ3v) is 12.2. The Hall–Kier alpha value is -7.88. The van der Waals surface area contributed by atoms with Crippen LogP contribution in [0.4, 0.5) is 0 Å². The van der Waals surface area contributed by atoms with E-state index in [-0.39, 0.29) is 140 Å². The number of methoxy groups -OCH3 is 3. The Morgan fingerprint density at radius 3 is 1.25 bits per heavy atom. The molecule has 6 N–H and O–H groups in total. The van der Waals surface area contributed by atoms with Gasteiger partial charge in [-0.3, -0.25) is 38.4 Å².